The minimum absolute atomic E-state index is 0.0265. The Hall–Kier alpha value is -0.480. The predicted molar refractivity (Wildman–Crippen MR) is 83.4 cm³/mol. The van der Waals surface area contributed by atoms with Crippen molar-refractivity contribution in [3.63, 3.8) is 0 Å². The lowest BCUT2D eigenvalue weighted by atomic mass is 10.1. The fourth-order valence-electron chi connectivity index (χ4n) is 1.68. The maximum atomic E-state index is 12.0. The number of rotatable bonds is 7. The molecule has 0 saturated heterocycles. The first kappa shape index (κ1) is 15.6. The van der Waals surface area contributed by atoms with Crippen LogP contribution in [0.1, 0.15) is 35.2 Å². The van der Waals surface area contributed by atoms with Gasteiger partial charge in [-0.2, -0.15) is 11.8 Å². The molecule has 0 unspecified atom stereocenters. The van der Waals surface area contributed by atoms with Gasteiger partial charge in [-0.05, 0) is 49.5 Å². The molecular weight excluding hydrogens is 310 g/mol. The molecule has 0 heterocycles. The van der Waals surface area contributed by atoms with Gasteiger partial charge in [0.1, 0.15) is 0 Å². The summed E-state index contributed by atoms with van der Waals surface area (Å²) in [7, 11) is 0. The highest BCUT2D eigenvalue weighted by Gasteiger charge is 2.08. The van der Waals surface area contributed by atoms with Crippen molar-refractivity contribution in [2.24, 2.45) is 0 Å². The zero-order chi connectivity index (χ0) is 13.4. The Morgan fingerprint density at radius 2 is 2.11 bits per heavy atom. The zero-order valence-electron chi connectivity index (χ0n) is 11.0. The minimum Gasteiger partial charge on any atom is -0.352 e. The van der Waals surface area contributed by atoms with E-state index in [1.807, 2.05) is 36.9 Å². The van der Waals surface area contributed by atoms with E-state index in [1.165, 1.54) is 18.6 Å². The van der Waals surface area contributed by atoms with Gasteiger partial charge in [-0.3, -0.25) is 4.79 Å². The number of thioether (sulfide) groups is 1. The van der Waals surface area contributed by atoms with E-state index >= 15 is 0 Å². The fourth-order valence-corrected chi connectivity index (χ4v) is 2.54. The van der Waals surface area contributed by atoms with E-state index in [1.54, 1.807) is 0 Å². The van der Waals surface area contributed by atoms with Gasteiger partial charge in [-0.25, -0.2) is 0 Å². The highest BCUT2D eigenvalue weighted by molar-refractivity contribution is 9.10. The molecule has 0 aliphatic heterocycles. The molecular formula is C14H20BrNOS. The number of amides is 1. The molecule has 0 spiro atoms. The standard InChI is InChI=1S/C14H20BrNOS/c1-11-6-7-12(15)10-13(11)14(17)16-8-4-3-5-9-18-2/h6-7,10H,3-5,8-9H2,1-2H3,(H,16,17). The summed E-state index contributed by atoms with van der Waals surface area (Å²) in [5.74, 6) is 1.23. The Balaban J connectivity index is 2.34. The molecule has 2 nitrogen and oxygen atoms in total. The second-order valence-corrected chi connectivity index (χ2v) is 6.17. The maximum absolute atomic E-state index is 12.0. The summed E-state index contributed by atoms with van der Waals surface area (Å²) in [5, 5.41) is 2.98. The zero-order valence-corrected chi connectivity index (χ0v) is 13.4. The number of unbranched alkanes of at least 4 members (excludes halogenated alkanes) is 2. The molecule has 0 aliphatic carbocycles. The fraction of sp³-hybridized carbons (Fsp3) is 0.500. The number of benzene rings is 1. The van der Waals surface area contributed by atoms with Crippen LogP contribution >= 0.6 is 27.7 Å². The van der Waals surface area contributed by atoms with Crippen molar-refractivity contribution in [3.8, 4) is 0 Å². The van der Waals surface area contributed by atoms with Crippen LogP contribution in [0.15, 0.2) is 22.7 Å². The average molecular weight is 330 g/mol. The quantitative estimate of drug-likeness (QED) is 0.765. The van der Waals surface area contributed by atoms with Gasteiger partial charge in [-0.1, -0.05) is 28.4 Å². The molecule has 0 fully saturated rings. The van der Waals surface area contributed by atoms with Gasteiger partial charge in [-0.15, -0.1) is 0 Å². The molecule has 1 aromatic carbocycles. The summed E-state index contributed by atoms with van der Waals surface area (Å²) in [6, 6.07) is 5.78. The van der Waals surface area contributed by atoms with Crippen LogP contribution in [0, 0.1) is 6.92 Å². The summed E-state index contributed by atoms with van der Waals surface area (Å²) in [5.41, 5.74) is 1.77. The third-order valence-corrected chi connectivity index (χ3v) is 3.95. The number of aryl methyl sites for hydroxylation is 1. The predicted octanol–water partition coefficient (Wildman–Crippen LogP) is 4.02. The lowest BCUT2D eigenvalue weighted by Gasteiger charge is -2.08. The molecule has 0 aromatic heterocycles. The molecule has 1 aromatic rings. The summed E-state index contributed by atoms with van der Waals surface area (Å²) in [4.78, 5) is 12.0. The van der Waals surface area contributed by atoms with Crippen molar-refractivity contribution in [3.05, 3.63) is 33.8 Å². The van der Waals surface area contributed by atoms with Crippen LogP contribution in [-0.2, 0) is 0 Å². The summed E-state index contributed by atoms with van der Waals surface area (Å²) in [6.07, 6.45) is 5.59. The number of nitrogens with one attached hydrogen (secondary N) is 1. The third kappa shape index (κ3) is 5.44. The van der Waals surface area contributed by atoms with E-state index in [-0.39, 0.29) is 5.91 Å². The molecule has 18 heavy (non-hydrogen) atoms. The van der Waals surface area contributed by atoms with Gasteiger partial charge in [0.05, 0.1) is 0 Å². The molecule has 1 rings (SSSR count). The van der Waals surface area contributed by atoms with Crippen molar-refractivity contribution in [1.29, 1.82) is 0 Å². The van der Waals surface area contributed by atoms with E-state index in [9.17, 15) is 4.79 Å². The Morgan fingerprint density at radius 1 is 1.33 bits per heavy atom. The molecule has 0 bridgehead atoms. The molecule has 1 amide bonds. The third-order valence-electron chi connectivity index (χ3n) is 2.76. The topological polar surface area (TPSA) is 29.1 Å². The first-order chi connectivity index (χ1) is 8.65. The Bertz CT molecular complexity index is 395. The average Bonchev–Trinajstić information content (AvgIpc) is 2.36. The number of hydrogen-bond acceptors (Lipinski definition) is 2. The van der Waals surface area contributed by atoms with Crippen LogP contribution in [0.5, 0.6) is 0 Å². The Morgan fingerprint density at radius 3 is 2.83 bits per heavy atom. The van der Waals surface area contributed by atoms with Crippen LogP contribution in [0.3, 0.4) is 0 Å². The van der Waals surface area contributed by atoms with Gasteiger partial charge < -0.3 is 5.32 Å². The summed E-state index contributed by atoms with van der Waals surface area (Å²) in [6.45, 7) is 2.72. The molecule has 4 heteroatoms. The Labute approximate surface area is 122 Å². The SMILES string of the molecule is CSCCCCCNC(=O)c1cc(Br)ccc1C. The lowest BCUT2D eigenvalue weighted by molar-refractivity contribution is 0.0952. The van der Waals surface area contributed by atoms with Crippen molar-refractivity contribution in [1.82, 2.24) is 5.32 Å². The number of hydrogen-bond donors (Lipinski definition) is 1. The summed E-state index contributed by atoms with van der Waals surface area (Å²) < 4.78 is 0.943. The minimum atomic E-state index is 0.0265. The van der Waals surface area contributed by atoms with Crippen molar-refractivity contribution < 1.29 is 4.79 Å². The highest BCUT2D eigenvalue weighted by Crippen LogP contribution is 2.15. The first-order valence-electron chi connectivity index (χ1n) is 6.18. The van der Waals surface area contributed by atoms with Gasteiger partial charge >= 0.3 is 0 Å². The number of carbonyl (C=O) groups is 1. The van der Waals surface area contributed by atoms with Crippen LogP contribution in [0.25, 0.3) is 0 Å². The van der Waals surface area contributed by atoms with E-state index in [0.717, 1.165) is 28.6 Å². The van der Waals surface area contributed by atoms with E-state index in [2.05, 4.69) is 27.5 Å². The van der Waals surface area contributed by atoms with Gasteiger partial charge in [0.15, 0.2) is 0 Å². The Kier molecular flexibility index (Phi) is 7.44. The summed E-state index contributed by atoms with van der Waals surface area (Å²) >= 11 is 5.27. The van der Waals surface area contributed by atoms with Crippen LogP contribution in [-0.4, -0.2) is 24.5 Å². The van der Waals surface area contributed by atoms with Crippen LogP contribution in [0.4, 0.5) is 0 Å². The van der Waals surface area contributed by atoms with Crippen molar-refractivity contribution >= 4 is 33.6 Å². The highest BCUT2D eigenvalue weighted by atomic mass is 79.9. The number of halogens is 1. The molecule has 1 N–H and O–H groups in total. The van der Waals surface area contributed by atoms with Crippen molar-refractivity contribution in [2.75, 3.05) is 18.6 Å². The van der Waals surface area contributed by atoms with E-state index in [0.29, 0.717) is 0 Å². The van der Waals surface area contributed by atoms with Crippen molar-refractivity contribution in [2.45, 2.75) is 26.2 Å². The van der Waals surface area contributed by atoms with E-state index in [4.69, 9.17) is 0 Å². The molecule has 0 aliphatic rings. The van der Waals surface area contributed by atoms with Crippen LogP contribution in [0.2, 0.25) is 0 Å². The molecule has 0 radical (unpaired) electrons. The first-order valence-corrected chi connectivity index (χ1v) is 8.37. The number of carbonyl (C=O) groups excluding carboxylic acids is 1. The van der Waals surface area contributed by atoms with Gasteiger partial charge in [0.25, 0.3) is 5.91 Å². The smallest absolute Gasteiger partial charge is 0.251 e. The monoisotopic (exact) mass is 329 g/mol. The van der Waals surface area contributed by atoms with Gasteiger partial charge in [0.2, 0.25) is 0 Å². The lowest BCUT2D eigenvalue weighted by Crippen LogP contribution is -2.25. The largest absolute Gasteiger partial charge is 0.352 e. The van der Waals surface area contributed by atoms with E-state index < -0.39 is 0 Å². The maximum Gasteiger partial charge on any atom is 0.251 e. The normalized spacial score (nSPS) is 10.4. The molecule has 0 saturated carbocycles. The second-order valence-electron chi connectivity index (χ2n) is 4.27. The molecule has 0 atom stereocenters. The van der Waals surface area contributed by atoms with Crippen LogP contribution < -0.4 is 5.32 Å². The van der Waals surface area contributed by atoms with Gasteiger partial charge in [0, 0.05) is 16.6 Å². The molecule has 100 valence electrons. The second kappa shape index (κ2) is 8.59.